The van der Waals surface area contributed by atoms with Crippen molar-refractivity contribution in [3.05, 3.63) is 98.6 Å². The maximum Gasteiger partial charge on any atom is 0.338 e. The Labute approximate surface area is 233 Å². The van der Waals surface area contributed by atoms with Gasteiger partial charge in [0.1, 0.15) is 10.7 Å². The Balaban J connectivity index is 1.47. The van der Waals surface area contributed by atoms with E-state index >= 15 is 0 Å². The van der Waals surface area contributed by atoms with Gasteiger partial charge in [-0.25, -0.2) is 9.69 Å². The Morgan fingerprint density at radius 2 is 1.61 bits per heavy atom. The molecule has 11 heteroatoms. The van der Waals surface area contributed by atoms with Crippen molar-refractivity contribution in [2.45, 2.75) is 13.3 Å². The Kier molecular flexibility index (Phi) is 8.36. The molecule has 0 fully saturated rings. The molecule has 8 nitrogen and oxygen atoms in total. The first-order chi connectivity index (χ1) is 18.2. The van der Waals surface area contributed by atoms with Crippen LogP contribution in [0.15, 0.2) is 77.5 Å². The number of nitrogens with zero attached hydrogens (tertiary/aromatic N) is 1. The molecular formula is C27H20Cl3N3O5. The fraction of sp³-hybridized carbons (Fsp3) is 0.111. The van der Waals surface area contributed by atoms with Crippen molar-refractivity contribution >= 4 is 75.6 Å². The van der Waals surface area contributed by atoms with Crippen LogP contribution in [0.25, 0.3) is 0 Å². The van der Waals surface area contributed by atoms with E-state index in [0.29, 0.717) is 28.6 Å². The van der Waals surface area contributed by atoms with Crippen molar-refractivity contribution in [1.29, 1.82) is 0 Å². The van der Waals surface area contributed by atoms with Gasteiger partial charge in [-0.2, -0.15) is 0 Å². The molecule has 38 heavy (non-hydrogen) atoms. The van der Waals surface area contributed by atoms with Crippen LogP contribution >= 0.6 is 34.8 Å². The summed E-state index contributed by atoms with van der Waals surface area (Å²) in [5, 5.41) is 5.70. The lowest BCUT2D eigenvalue weighted by Gasteiger charge is -2.16. The predicted octanol–water partition coefficient (Wildman–Crippen LogP) is 6.25. The second kappa shape index (κ2) is 11.7. The van der Waals surface area contributed by atoms with Crippen LogP contribution in [0.4, 0.5) is 17.1 Å². The molecule has 0 atom stereocenters. The lowest BCUT2D eigenvalue weighted by Crippen LogP contribution is -2.32. The predicted molar refractivity (Wildman–Crippen MR) is 147 cm³/mol. The van der Waals surface area contributed by atoms with Crippen molar-refractivity contribution in [3.8, 4) is 0 Å². The molecule has 3 aromatic rings. The van der Waals surface area contributed by atoms with E-state index in [1.54, 1.807) is 42.5 Å². The maximum atomic E-state index is 13.1. The molecule has 2 N–H and O–H groups in total. The van der Waals surface area contributed by atoms with Crippen molar-refractivity contribution in [2.75, 3.05) is 22.1 Å². The third kappa shape index (κ3) is 5.83. The molecule has 0 aromatic heterocycles. The van der Waals surface area contributed by atoms with Gasteiger partial charge in [0.05, 0.1) is 22.9 Å². The summed E-state index contributed by atoms with van der Waals surface area (Å²) >= 11 is 18.3. The lowest BCUT2D eigenvalue weighted by molar-refractivity contribution is -0.120. The number of amides is 3. The zero-order chi connectivity index (χ0) is 27.4. The van der Waals surface area contributed by atoms with E-state index in [4.69, 9.17) is 39.5 Å². The third-order valence-electron chi connectivity index (χ3n) is 5.39. The molecule has 0 unspecified atom stereocenters. The molecule has 4 rings (SSSR count). The van der Waals surface area contributed by atoms with Crippen LogP contribution in [0.1, 0.15) is 34.1 Å². The normalized spacial score (nSPS) is 13.1. The highest BCUT2D eigenvalue weighted by molar-refractivity contribution is 6.54. The number of anilines is 3. The van der Waals surface area contributed by atoms with Crippen LogP contribution < -0.4 is 15.5 Å². The number of rotatable bonds is 8. The minimum atomic E-state index is -0.751. The number of carbonyl (C=O) groups excluding carboxylic acids is 4. The number of ether oxygens (including phenoxy) is 1. The van der Waals surface area contributed by atoms with Crippen LogP contribution in [-0.2, 0) is 14.3 Å². The molecule has 0 spiro atoms. The third-order valence-corrected chi connectivity index (χ3v) is 6.28. The number of carbonyl (C=O) groups is 4. The summed E-state index contributed by atoms with van der Waals surface area (Å²) in [6.45, 7) is 2.23. The number of benzene rings is 3. The number of hydrogen-bond acceptors (Lipinski definition) is 6. The molecule has 0 radical (unpaired) electrons. The van der Waals surface area contributed by atoms with Crippen LogP contribution in [0.2, 0.25) is 10.0 Å². The van der Waals surface area contributed by atoms with Crippen molar-refractivity contribution in [3.63, 3.8) is 0 Å². The highest BCUT2D eigenvalue weighted by atomic mass is 35.5. The quantitative estimate of drug-likeness (QED) is 0.244. The fourth-order valence-electron chi connectivity index (χ4n) is 3.55. The van der Waals surface area contributed by atoms with Crippen molar-refractivity contribution in [1.82, 2.24) is 0 Å². The minimum absolute atomic E-state index is 0.106. The molecule has 1 aliphatic rings. The summed E-state index contributed by atoms with van der Waals surface area (Å²) in [4.78, 5) is 51.4. The first kappa shape index (κ1) is 27.2. The monoisotopic (exact) mass is 571 g/mol. The van der Waals surface area contributed by atoms with Gasteiger partial charge >= 0.3 is 5.97 Å². The number of halogens is 3. The van der Waals surface area contributed by atoms with Gasteiger partial charge in [0, 0.05) is 22.0 Å². The second-order valence-corrected chi connectivity index (χ2v) is 9.33. The summed E-state index contributed by atoms with van der Waals surface area (Å²) < 4.78 is 5.09. The highest BCUT2D eigenvalue weighted by Crippen LogP contribution is 2.35. The van der Waals surface area contributed by atoms with E-state index in [-0.39, 0.29) is 27.0 Å². The van der Waals surface area contributed by atoms with Gasteiger partial charge in [0.2, 0.25) is 0 Å². The van der Waals surface area contributed by atoms with Gasteiger partial charge in [-0.15, -0.1) is 0 Å². The van der Waals surface area contributed by atoms with Crippen LogP contribution in [0.3, 0.4) is 0 Å². The molecule has 0 aliphatic carbocycles. The van der Waals surface area contributed by atoms with Crippen LogP contribution in [0.5, 0.6) is 0 Å². The van der Waals surface area contributed by atoms with E-state index in [9.17, 15) is 19.2 Å². The van der Waals surface area contributed by atoms with Gasteiger partial charge < -0.3 is 15.4 Å². The first-order valence-corrected chi connectivity index (χ1v) is 12.5. The molecule has 1 aliphatic heterocycles. The van der Waals surface area contributed by atoms with Crippen LogP contribution in [0, 0.1) is 0 Å². The first-order valence-electron chi connectivity index (χ1n) is 11.4. The summed E-state index contributed by atoms with van der Waals surface area (Å²) in [5.41, 5.74) is 1.44. The topological polar surface area (TPSA) is 105 Å². The summed E-state index contributed by atoms with van der Waals surface area (Å²) in [5.74, 6) is -2.33. The molecule has 3 aromatic carbocycles. The molecular weight excluding hydrogens is 553 g/mol. The zero-order valence-electron chi connectivity index (χ0n) is 19.9. The van der Waals surface area contributed by atoms with E-state index in [1.165, 1.54) is 24.3 Å². The Morgan fingerprint density at radius 3 is 2.29 bits per heavy atom. The molecule has 194 valence electrons. The maximum absolute atomic E-state index is 13.1. The van der Waals surface area contributed by atoms with Crippen molar-refractivity contribution in [2.24, 2.45) is 0 Å². The van der Waals surface area contributed by atoms with Crippen LogP contribution in [-0.4, -0.2) is 30.3 Å². The number of esters is 1. The van der Waals surface area contributed by atoms with E-state index < -0.39 is 23.7 Å². The highest BCUT2D eigenvalue weighted by Gasteiger charge is 2.39. The van der Waals surface area contributed by atoms with E-state index in [1.807, 2.05) is 6.92 Å². The average molecular weight is 573 g/mol. The standard InChI is InChI=1S/C27H20Cl3N3O5/c1-2-12-38-27(37)15-6-9-18(10-7-15)32-24(34)16-4-3-5-19(13-16)31-23-22(30)25(35)33(26(23)36)21-11-8-17(28)14-20(21)29/h3-11,13-14,31H,2,12H2,1H3,(H,32,34). The number of imide groups is 1. The largest absolute Gasteiger partial charge is 0.462 e. The molecule has 3 amide bonds. The molecule has 0 saturated heterocycles. The molecule has 0 bridgehead atoms. The minimum Gasteiger partial charge on any atom is -0.462 e. The second-order valence-electron chi connectivity index (χ2n) is 8.10. The molecule has 0 saturated carbocycles. The number of nitrogens with one attached hydrogen (secondary N) is 2. The van der Waals surface area contributed by atoms with Gasteiger partial charge in [-0.1, -0.05) is 47.8 Å². The molecule has 1 heterocycles. The summed E-state index contributed by atoms with van der Waals surface area (Å²) in [6.07, 6.45) is 0.719. The number of hydrogen-bond donors (Lipinski definition) is 2. The van der Waals surface area contributed by atoms with Crippen molar-refractivity contribution < 1.29 is 23.9 Å². The summed E-state index contributed by atoms with van der Waals surface area (Å²) in [7, 11) is 0. The Morgan fingerprint density at radius 1 is 0.868 bits per heavy atom. The van der Waals surface area contributed by atoms with E-state index in [0.717, 1.165) is 11.3 Å². The smallest absolute Gasteiger partial charge is 0.338 e. The van der Waals surface area contributed by atoms with Gasteiger partial charge in [-0.05, 0) is 67.1 Å². The van der Waals surface area contributed by atoms with Gasteiger partial charge in [0.25, 0.3) is 17.7 Å². The Hall–Kier alpha value is -3.85. The fourth-order valence-corrected chi connectivity index (χ4v) is 4.25. The van der Waals surface area contributed by atoms with E-state index in [2.05, 4.69) is 10.6 Å². The Bertz CT molecular complexity index is 1470. The lowest BCUT2D eigenvalue weighted by atomic mass is 10.1. The zero-order valence-corrected chi connectivity index (χ0v) is 22.2. The summed E-state index contributed by atoms with van der Waals surface area (Å²) in [6, 6.07) is 16.9. The van der Waals surface area contributed by atoms with Gasteiger partial charge in [-0.3, -0.25) is 14.4 Å². The SMILES string of the molecule is CCCOC(=O)c1ccc(NC(=O)c2cccc(NC3=C(Cl)C(=O)N(c4ccc(Cl)cc4Cl)C3=O)c2)cc1. The van der Waals surface area contributed by atoms with Gasteiger partial charge in [0.15, 0.2) is 0 Å². The average Bonchev–Trinajstić information content (AvgIpc) is 3.11.